The summed E-state index contributed by atoms with van der Waals surface area (Å²) < 4.78 is 125. The molecule has 0 spiro atoms. The van der Waals surface area contributed by atoms with Crippen molar-refractivity contribution in [2.24, 2.45) is 0 Å². The van der Waals surface area contributed by atoms with Crippen LogP contribution < -0.4 is 22.2 Å². The molecule has 236 valence electrons. The molecule has 0 saturated carbocycles. The molecule has 1 unspecified atom stereocenters. The molecule has 19 heteroatoms. The summed E-state index contributed by atoms with van der Waals surface area (Å²) in [5.74, 6) is -1.89. The minimum absolute atomic E-state index is 0.00928. The highest BCUT2D eigenvalue weighted by Crippen LogP contribution is 2.35. The number of aromatic amines is 1. The number of benzene rings is 1. The number of nitrogens with one attached hydrogen (secondary N) is 2. The largest absolute Gasteiger partial charge is 0.423 e. The Hall–Kier alpha value is -4.68. The molecule has 4 rings (SSSR count). The molecule has 0 aliphatic rings. The van der Waals surface area contributed by atoms with Crippen molar-refractivity contribution < 1.29 is 44.3 Å². The summed E-state index contributed by atoms with van der Waals surface area (Å²) >= 11 is 0. The molecule has 4 N–H and O–H groups in total. The van der Waals surface area contributed by atoms with Crippen molar-refractivity contribution in [2.45, 2.75) is 44.4 Å². The van der Waals surface area contributed by atoms with Gasteiger partial charge in [0.05, 0.1) is 47.0 Å². The average Bonchev–Trinajstić information content (AvgIpc) is 2.91. The molecule has 1 aromatic carbocycles. The summed E-state index contributed by atoms with van der Waals surface area (Å²) in [7, 11) is 0. The van der Waals surface area contributed by atoms with E-state index in [0.717, 1.165) is 29.1 Å². The first-order valence-corrected chi connectivity index (χ1v) is 12.4. The molecule has 0 radical (unpaired) electrons. The van der Waals surface area contributed by atoms with Crippen molar-refractivity contribution >= 4 is 22.4 Å². The Morgan fingerprint density at radius 3 is 2.43 bits per heavy atom. The van der Waals surface area contributed by atoms with E-state index in [1.807, 2.05) is 0 Å². The first-order chi connectivity index (χ1) is 20.6. The third-order valence-corrected chi connectivity index (χ3v) is 6.29. The Morgan fingerprint density at radius 1 is 1.07 bits per heavy atom. The van der Waals surface area contributed by atoms with E-state index in [1.54, 1.807) is 5.10 Å². The number of hydrogen-bond donors (Lipinski definition) is 3. The van der Waals surface area contributed by atoms with Gasteiger partial charge in [-0.15, -0.1) is 0 Å². The maximum absolute atomic E-state index is 15.0. The van der Waals surface area contributed by atoms with Gasteiger partial charge in [0.15, 0.2) is 0 Å². The fraction of sp³-hybridized carbons (Fsp3) is 0.320. The van der Waals surface area contributed by atoms with Crippen molar-refractivity contribution in [3.05, 3.63) is 74.4 Å². The Morgan fingerprint density at radius 2 is 1.80 bits per heavy atom. The van der Waals surface area contributed by atoms with Gasteiger partial charge < -0.3 is 15.8 Å². The molecule has 10 nitrogen and oxygen atoms in total. The highest BCUT2D eigenvalue weighted by atomic mass is 19.4. The number of fused-ring (bicyclic) bond motifs is 1. The topological polar surface area (TPSA) is 141 Å². The Kier molecular flexibility index (Phi) is 9.17. The molecule has 0 saturated heterocycles. The van der Waals surface area contributed by atoms with Crippen LogP contribution in [0, 0.1) is 5.82 Å². The van der Waals surface area contributed by atoms with Gasteiger partial charge in [0.2, 0.25) is 0 Å². The van der Waals surface area contributed by atoms with Crippen LogP contribution in [0.5, 0.6) is 0 Å². The van der Waals surface area contributed by atoms with E-state index in [4.69, 9.17) is 5.73 Å². The van der Waals surface area contributed by atoms with Gasteiger partial charge in [0, 0.05) is 18.2 Å². The number of anilines is 2. The van der Waals surface area contributed by atoms with Gasteiger partial charge in [-0.2, -0.15) is 40.2 Å². The number of pyridine rings is 1. The molecule has 0 amide bonds. The summed E-state index contributed by atoms with van der Waals surface area (Å²) in [6.45, 7) is -4.17. The summed E-state index contributed by atoms with van der Waals surface area (Å²) in [6.07, 6.45) is -8.29. The van der Waals surface area contributed by atoms with Crippen LogP contribution in [0.1, 0.15) is 24.0 Å². The average molecular weight is 637 g/mol. The zero-order valence-corrected chi connectivity index (χ0v) is 21.9. The molecule has 3 heterocycles. The molecule has 0 aliphatic carbocycles. The summed E-state index contributed by atoms with van der Waals surface area (Å²) in [6, 6.07) is 2.26. The molecule has 3 aromatic heterocycles. The van der Waals surface area contributed by atoms with Gasteiger partial charge in [0.1, 0.15) is 17.2 Å². The molecule has 44 heavy (non-hydrogen) atoms. The molecule has 0 aliphatic heterocycles. The van der Waals surface area contributed by atoms with E-state index < -0.39 is 71.2 Å². The van der Waals surface area contributed by atoms with Crippen LogP contribution in [0.4, 0.5) is 51.0 Å². The number of nitrogens with zero attached hydrogens (tertiary/aromatic N) is 4. The Bertz CT molecular complexity index is 1770. The number of hydrogen-bond acceptors (Lipinski definition) is 8. The molecule has 4 aromatic rings. The van der Waals surface area contributed by atoms with E-state index >= 15 is 0 Å². The van der Waals surface area contributed by atoms with Crippen LogP contribution in [0.15, 0.2) is 46.4 Å². The number of nitrogen functional groups attached to an aromatic ring is 1. The normalized spacial score (nSPS) is 13.0. The van der Waals surface area contributed by atoms with Crippen LogP contribution in [0.25, 0.3) is 22.2 Å². The third kappa shape index (κ3) is 7.26. The second-order valence-corrected chi connectivity index (χ2v) is 9.28. The Labute approximate surface area is 239 Å². The molecular formula is C25H20F9N7O3. The van der Waals surface area contributed by atoms with Crippen molar-refractivity contribution in [3.63, 3.8) is 0 Å². The van der Waals surface area contributed by atoms with Crippen molar-refractivity contribution in [3.8, 4) is 11.3 Å². The van der Waals surface area contributed by atoms with Crippen LogP contribution in [-0.4, -0.2) is 44.0 Å². The minimum Gasteiger partial charge on any atom is -0.383 e. The van der Waals surface area contributed by atoms with E-state index in [-0.39, 0.29) is 41.5 Å². The van der Waals surface area contributed by atoms with E-state index in [1.165, 1.54) is 0 Å². The van der Waals surface area contributed by atoms with E-state index in [0.29, 0.717) is 12.3 Å². The number of nitrogens with two attached hydrogens (primary N) is 1. The van der Waals surface area contributed by atoms with E-state index in [9.17, 15) is 49.1 Å². The maximum Gasteiger partial charge on any atom is 0.423 e. The van der Waals surface area contributed by atoms with Crippen molar-refractivity contribution in [2.75, 3.05) is 17.7 Å². The van der Waals surface area contributed by atoms with Crippen LogP contribution >= 0.6 is 0 Å². The summed E-state index contributed by atoms with van der Waals surface area (Å²) in [4.78, 5) is 32.4. The zero-order chi connectivity index (χ0) is 32.4. The lowest BCUT2D eigenvalue weighted by atomic mass is 10.1. The van der Waals surface area contributed by atoms with Gasteiger partial charge in [-0.1, -0.05) is 0 Å². The van der Waals surface area contributed by atoms with Crippen molar-refractivity contribution in [1.29, 1.82) is 0 Å². The monoisotopic (exact) mass is 637 g/mol. The molecule has 1 atom stereocenters. The maximum atomic E-state index is 15.0. The summed E-state index contributed by atoms with van der Waals surface area (Å²) in [5, 5.41) is 7.06. The van der Waals surface area contributed by atoms with Gasteiger partial charge in [-0.05, 0) is 37.1 Å². The zero-order valence-electron chi connectivity index (χ0n) is 21.9. The Balaban J connectivity index is 1.54. The number of H-pyrrole nitrogens is 1. The number of halogens is 9. The van der Waals surface area contributed by atoms with Gasteiger partial charge in [-0.25, -0.2) is 19.5 Å². The van der Waals surface area contributed by atoms with Crippen LogP contribution in [-0.2, 0) is 23.6 Å². The predicted octanol–water partition coefficient (Wildman–Crippen LogP) is 4.80. The van der Waals surface area contributed by atoms with Crippen LogP contribution in [0.2, 0.25) is 0 Å². The van der Waals surface area contributed by atoms with Crippen LogP contribution in [0.3, 0.4) is 0 Å². The first kappa shape index (κ1) is 32.2. The van der Waals surface area contributed by atoms with Gasteiger partial charge in [0.25, 0.3) is 11.1 Å². The fourth-order valence-corrected chi connectivity index (χ4v) is 4.30. The van der Waals surface area contributed by atoms with E-state index in [2.05, 4.69) is 25.1 Å². The predicted molar refractivity (Wildman–Crippen MR) is 137 cm³/mol. The lowest BCUT2D eigenvalue weighted by Crippen LogP contribution is -2.32. The SMILES string of the molecule is Nc1nc(-c2cc3ncn(CCCC(COC(F)F)Nc4cn[nH]c(=O)c4C(F)(F)F)c(=O)c3cc2F)ccc1C(F)(F)F. The standard InChI is InChI=1S/C25H20F9N7O3/c26-15-6-13-17(7-12(15)16-4-3-14(20(35)39-16)24(29,30)31)36-10-41(22(13)43)5-1-2-11(9-44-23(27)28)38-18-8-37-40-21(42)19(18)25(32,33)34/h3-4,6-8,10-11,23H,1-2,5,9H2,(H2,35,39)(H2,38,40,42). The van der Waals surface area contributed by atoms with Crippen molar-refractivity contribution in [1.82, 2.24) is 24.7 Å². The molecule has 0 bridgehead atoms. The number of ether oxygens (including phenoxy) is 1. The lowest BCUT2D eigenvalue weighted by molar-refractivity contribution is -0.139. The fourth-order valence-electron chi connectivity index (χ4n) is 4.30. The quantitative estimate of drug-likeness (QED) is 0.211. The van der Waals surface area contributed by atoms with Gasteiger partial charge in [-0.3, -0.25) is 14.2 Å². The minimum atomic E-state index is -5.10. The first-order valence-electron chi connectivity index (χ1n) is 12.4. The number of rotatable bonds is 10. The third-order valence-electron chi connectivity index (χ3n) is 6.29. The number of alkyl halides is 8. The highest BCUT2D eigenvalue weighted by molar-refractivity contribution is 5.83. The smallest absolute Gasteiger partial charge is 0.383 e. The molecule has 0 fully saturated rings. The molecular weight excluding hydrogens is 617 g/mol. The highest BCUT2D eigenvalue weighted by Gasteiger charge is 2.38. The lowest BCUT2D eigenvalue weighted by Gasteiger charge is -2.22. The summed E-state index contributed by atoms with van der Waals surface area (Å²) in [5.41, 5.74) is -1.07. The second kappa shape index (κ2) is 12.5. The van der Waals surface area contributed by atoms with Gasteiger partial charge >= 0.3 is 19.0 Å². The number of aryl methyl sites for hydroxylation is 1. The number of aromatic nitrogens is 5. The second-order valence-electron chi connectivity index (χ2n) is 9.28.